The number of benzene rings is 3. The number of amides is 1. The normalized spacial score (nSPS) is 11.2. The van der Waals surface area contributed by atoms with Crippen molar-refractivity contribution in [3.8, 4) is 22.6 Å². The summed E-state index contributed by atoms with van der Waals surface area (Å²) >= 11 is 13.3. The molecule has 0 saturated carbocycles. The molecule has 39 heavy (non-hydrogen) atoms. The highest BCUT2D eigenvalue weighted by molar-refractivity contribution is 9.11. The van der Waals surface area contributed by atoms with E-state index >= 15 is 0 Å². The molecular weight excluding hydrogens is 654 g/mol. The highest BCUT2D eigenvalue weighted by Gasteiger charge is 2.22. The maximum absolute atomic E-state index is 13.4. The highest BCUT2D eigenvalue weighted by atomic mass is 79.9. The van der Waals surface area contributed by atoms with E-state index in [-0.39, 0.29) is 17.2 Å². The molecule has 0 aliphatic carbocycles. The first-order chi connectivity index (χ1) is 18.9. The predicted octanol–water partition coefficient (Wildman–Crippen LogP) is 7.60. The van der Waals surface area contributed by atoms with Gasteiger partial charge in [0.25, 0.3) is 5.91 Å². The van der Waals surface area contributed by atoms with Crippen LogP contribution >= 0.6 is 43.5 Å². The van der Waals surface area contributed by atoms with Gasteiger partial charge in [0, 0.05) is 37.1 Å². The van der Waals surface area contributed by atoms with E-state index in [1.807, 2.05) is 30.3 Å². The summed E-state index contributed by atoms with van der Waals surface area (Å²) in [6, 6.07) is 19.2. The van der Waals surface area contributed by atoms with Gasteiger partial charge in [-0.05, 0) is 64.5 Å². The molecule has 0 fully saturated rings. The van der Waals surface area contributed by atoms with Gasteiger partial charge in [-0.3, -0.25) is 4.79 Å². The zero-order chi connectivity index (χ0) is 27.5. The maximum Gasteiger partial charge on any atom is 0.379 e. The minimum atomic E-state index is -0.681. The van der Waals surface area contributed by atoms with Gasteiger partial charge in [0.2, 0.25) is 5.76 Å². The summed E-state index contributed by atoms with van der Waals surface area (Å²) < 4.78 is 17.2. The second-order valence-corrected chi connectivity index (χ2v) is 10.3. The van der Waals surface area contributed by atoms with Gasteiger partial charge in [-0.2, -0.15) is 5.10 Å². The van der Waals surface area contributed by atoms with Crippen LogP contribution in [0.1, 0.15) is 26.6 Å². The predicted molar refractivity (Wildman–Crippen MR) is 156 cm³/mol. The average Bonchev–Trinajstić information content (AvgIpc) is 3.59. The first-order valence-electron chi connectivity index (χ1n) is 11.4. The lowest BCUT2D eigenvalue weighted by atomic mass is 10.0. The number of hydrogen-bond donors (Lipinski definition) is 2. The molecule has 0 saturated heterocycles. The number of methoxy groups -OCH3 is 1. The number of fused-ring (bicyclic) bond motifs is 1. The van der Waals surface area contributed by atoms with Crippen molar-refractivity contribution in [1.29, 1.82) is 0 Å². The van der Waals surface area contributed by atoms with Crippen LogP contribution in [0.25, 0.3) is 22.0 Å². The van der Waals surface area contributed by atoms with Gasteiger partial charge < -0.3 is 18.9 Å². The van der Waals surface area contributed by atoms with E-state index in [2.05, 4.69) is 47.4 Å². The molecule has 0 spiro atoms. The molecule has 11 heteroatoms. The van der Waals surface area contributed by atoms with E-state index in [4.69, 9.17) is 25.5 Å². The zero-order valence-electron chi connectivity index (χ0n) is 20.1. The van der Waals surface area contributed by atoms with E-state index in [0.29, 0.717) is 36.4 Å². The van der Waals surface area contributed by atoms with Crippen LogP contribution in [-0.2, 0) is 0 Å². The Kier molecular flexibility index (Phi) is 7.87. The van der Waals surface area contributed by atoms with Crippen molar-refractivity contribution >= 4 is 72.5 Å². The fourth-order valence-corrected chi connectivity index (χ4v) is 5.52. The lowest BCUT2D eigenvalue weighted by molar-refractivity contribution is 0.0699. The van der Waals surface area contributed by atoms with Crippen LogP contribution < -0.4 is 14.9 Å². The van der Waals surface area contributed by atoms with E-state index in [1.54, 1.807) is 37.4 Å². The Morgan fingerprint density at radius 3 is 2.64 bits per heavy atom. The quantitative estimate of drug-likeness (QED) is 0.0803. The van der Waals surface area contributed by atoms with Gasteiger partial charge >= 0.3 is 5.97 Å². The van der Waals surface area contributed by atoms with Crippen molar-refractivity contribution in [3.63, 3.8) is 0 Å². The van der Waals surface area contributed by atoms with Crippen LogP contribution in [0, 0.1) is 0 Å². The lowest BCUT2D eigenvalue weighted by Gasteiger charge is -2.10. The van der Waals surface area contributed by atoms with Gasteiger partial charge in [0.05, 0.1) is 24.1 Å². The molecule has 2 N–H and O–H groups in total. The number of carbonyl (C=O) groups is 2. The van der Waals surface area contributed by atoms with Gasteiger partial charge in [0.1, 0.15) is 11.4 Å². The van der Waals surface area contributed by atoms with Gasteiger partial charge in [-0.25, -0.2) is 10.2 Å². The number of H-pyrrole nitrogens is 1. The largest absolute Gasteiger partial charge is 0.497 e. The molecular formula is C28H18Br2ClN3O5. The molecule has 5 aromatic rings. The molecule has 3 aromatic carbocycles. The molecule has 2 heterocycles. The van der Waals surface area contributed by atoms with Crippen LogP contribution in [0.5, 0.6) is 11.5 Å². The Hall–Kier alpha value is -3.86. The lowest BCUT2D eigenvalue weighted by Crippen LogP contribution is -2.19. The molecule has 0 aliphatic heterocycles. The standard InChI is InChI=1S/C28H18Br2ClN3O5/c1-37-17-8-9-22-19(13-17)24(18-5-2-3-6-21(18)31)25(33-22)27(35)34-32-14-15-11-16(29)12-20(30)26(15)39-28(36)23-7-4-10-38-23/h2-14,33H,1H3,(H,34,35). The number of hydrazone groups is 1. The Bertz CT molecular complexity index is 1730. The minimum Gasteiger partial charge on any atom is -0.497 e. The number of furan rings is 1. The van der Waals surface area contributed by atoms with Crippen LogP contribution in [0.15, 0.2) is 91.5 Å². The SMILES string of the molecule is COc1ccc2[nH]c(C(=O)NN=Cc3cc(Br)cc(Br)c3OC(=O)c3ccco3)c(-c3ccccc3Cl)c2c1. The van der Waals surface area contributed by atoms with Gasteiger partial charge in [-0.1, -0.05) is 45.7 Å². The van der Waals surface area contributed by atoms with Crippen LogP contribution in [0.2, 0.25) is 5.02 Å². The second kappa shape index (κ2) is 11.5. The monoisotopic (exact) mass is 669 g/mol. The van der Waals surface area contributed by atoms with Crippen molar-refractivity contribution in [2.45, 2.75) is 0 Å². The van der Waals surface area contributed by atoms with Crippen LogP contribution in [0.4, 0.5) is 0 Å². The van der Waals surface area contributed by atoms with Crippen molar-refractivity contribution in [2.75, 3.05) is 7.11 Å². The summed E-state index contributed by atoms with van der Waals surface area (Å²) in [5, 5.41) is 5.38. The molecule has 1 amide bonds. The number of rotatable bonds is 7. The molecule has 0 radical (unpaired) electrons. The van der Waals surface area contributed by atoms with E-state index in [0.717, 1.165) is 10.9 Å². The number of hydrogen-bond acceptors (Lipinski definition) is 6. The summed E-state index contributed by atoms with van der Waals surface area (Å²) in [6.07, 6.45) is 2.75. The number of carbonyl (C=O) groups excluding carboxylic acids is 2. The fourth-order valence-electron chi connectivity index (χ4n) is 3.95. The summed E-state index contributed by atoms with van der Waals surface area (Å²) in [5.74, 6) is -0.300. The van der Waals surface area contributed by atoms with Gasteiger partial charge in [0.15, 0.2) is 5.75 Å². The first kappa shape index (κ1) is 26.7. The van der Waals surface area contributed by atoms with Crippen molar-refractivity contribution in [2.24, 2.45) is 5.10 Å². The topological polar surface area (TPSA) is 106 Å². The summed E-state index contributed by atoms with van der Waals surface area (Å²) in [5.41, 5.74) is 5.25. The van der Waals surface area contributed by atoms with E-state index in [9.17, 15) is 9.59 Å². The fraction of sp³-hybridized carbons (Fsp3) is 0.0357. The molecule has 196 valence electrons. The third-order valence-electron chi connectivity index (χ3n) is 5.70. The van der Waals surface area contributed by atoms with E-state index in [1.165, 1.54) is 18.5 Å². The number of nitrogens with one attached hydrogen (secondary N) is 2. The molecule has 0 bridgehead atoms. The number of nitrogens with zero attached hydrogens (tertiary/aromatic N) is 1. The van der Waals surface area contributed by atoms with Crippen LogP contribution in [-0.4, -0.2) is 30.2 Å². The molecule has 0 atom stereocenters. The Morgan fingerprint density at radius 1 is 1.08 bits per heavy atom. The van der Waals surface area contributed by atoms with Crippen LogP contribution in [0.3, 0.4) is 0 Å². The summed E-state index contributed by atoms with van der Waals surface area (Å²) in [7, 11) is 1.58. The number of aromatic amines is 1. The molecule has 2 aromatic heterocycles. The third-order valence-corrected chi connectivity index (χ3v) is 7.08. The third kappa shape index (κ3) is 5.63. The number of aromatic nitrogens is 1. The average molecular weight is 672 g/mol. The molecule has 0 aliphatic rings. The Balaban J connectivity index is 1.48. The maximum atomic E-state index is 13.4. The number of ether oxygens (including phenoxy) is 2. The number of esters is 1. The minimum absolute atomic E-state index is 0.0450. The van der Waals surface area contributed by atoms with Crippen molar-refractivity contribution in [3.05, 3.63) is 104 Å². The Labute approximate surface area is 244 Å². The molecule has 0 unspecified atom stereocenters. The number of halogens is 3. The van der Waals surface area contributed by atoms with Gasteiger partial charge in [-0.15, -0.1) is 0 Å². The summed E-state index contributed by atoms with van der Waals surface area (Å²) in [6.45, 7) is 0. The van der Waals surface area contributed by atoms with E-state index < -0.39 is 11.9 Å². The second-order valence-electron chi connectivity index (χ2n) is 8.14. The summed E-state index contributed by atoms with van der Waals surface area (Å²) in [4.78, 5) is 29.0. The first-order valence-corrected chi connectivity index (χ1v) is 13.3. The van der Waals surface area contributed by atoms with Crippen molar-refractivity contribution in [1.82, 2.24) is 10.4 Å². The Morgan fingerprint density at radius 2 is 1.90 bits per heavy atom. The smallest absolute Gasteiger partial charge is 0.379 e. The molecule has 5 rings (SSSR count). The zero-order valence-corrected chi connectivity index (χ0v) is 24.1. The highest BCUT2D eigenvalue weighted by Crippen LogP contribution is 2.38. The molecule has 8 nitrogen and oxygen atoms in total. The van der Waals surface area contributed by atoms with Crippen molar-refractivity contribution < 1.29 is 23.5 Å².